The molecule has 5 aromatic rings. The number of imidazole rings is 1. The first-order valence-corrected chi connectivity index (χ1v) is 10.5. The lowest BCUT2D eigenvalue weighted by Crippen LogP contribution is -2.22. The zero-order valence-corrected chi connectivity index (χ0v) is 17.7. The van der Waals surface area contributed by atoms with E-state index in [4.69, 9.17) is 0 Å². The van der Waals surface area contributed by atoms with Crippen LogP contribution in [0.4, 0.5) is 0 Å². The van der Waals surface area contributed by atoms with Crippen LogP contribution in [-0.2, 0) is 0 Å². The summed E-state index contributed by atoms with van der Waals surface area (Å²) in [5, 5.41) is 0. The van der Waals surface area contributed by atoms with Crippen LogP contribution in [-0.4, -0.2) is 14.0 Å². The third kappa shape index (κ3) is 2.64. The molecule has 0 amide bonds. The highest BCUT2D eigenvalue weighted by molar-refractivity contribution is 9.10. The summed E-state index contributed by atoms with van der Waals surface area (Å²) in [5.74, 6) is 0. The van der Waals surface area contributed by atoms with E-state index in [1.165, 1.54) is 11.3 Å². The van der Waals surface area contributed by atoms with Gasteiger partial charge < -0.3 is 4.57 Å². The van der Waals surface area contributed by atoms with Crippen molar-refractivity contribution >= 4 is 49.3 Å². The van der Waals surface area contributed by atoms with E-state index in [9.17, 15) is 4.79 Å². The maximum absolute atomic E-state index is 13.0. The van der Waals surface area contributed by atoms with Crippen LogP contribution >= 0.6 is 27.3 Å². The smallest absolute Gasteiger partial charge is 0.274 e. The highest BCUT2D eigenvalue weighted by Gasteiger charge is 2.13. The molecular formula is C22H16BrN3OS. The molecule has 0 atom stereocenters. The first-order valence-electron chi connectivity index (χ1n) is 8.89. The molecule has 0 unspecified atom stereocenters. The van der Waals surface area contributed by atoms with Gasteiger partial charge in [0.05, 0.1) is 15.6 Å². The molecule has 0 N–H and O–H groups in total. The highest BCUT2D eigenvalue weighted by atomic mass is 79.9. The van der Waals surface area contributed by atoms with Crippen LogP contribution in [0.3, 0.4) is 0 Å². The fourth-order valence-electron chi connectivity index (χ4n) is 3.67. The van der Waals surface area contributed by atoms with Gasteiger partial charge in [0.15, 0.2) is 4.96 Å². The summed E-state index contributed by atoms with van der Waals surface area (Å²) in [6.07, 6.45) is 1.98. The lowest BCUT2D eigenvalue weighted by molar-refractivity contribution is 0.964. The van der Waals surface area contributed by atoms with E-state index in [2.05, 4.69) is 57.5 Å². The largest absolute Gasteiger partial charge is 0.318 e. The number of halogens is 1. The second kappa shape index (κ2) is 6.43. The molecule has 3 aromatic heterocycles. The second-order valence-electron chi connectivity index (χ2n) is 6.77. The maximum atomic E-state index is 13.0. The molecule has 0 aliphatic heterocycles. The van der Waals surface area contributed by atoms with Crippen molar-refractivity contribution in [1.82, 2.24) is 14.0 Å². The average Bonchev–Trinajstić information content (AvgIpc) is 3.28. The van der Waals surface area contributed by atoms with Crippen LogP contribution in [0.25, 0.3) is 27.8 Å². The van der Waals surface area contributed by atoms with E-state index in [1.807, 2.05) is 42.5 Å². The third-order valence-corrected chi connectivity index (χ3v) is 6.48. The molecule has 0 fully saturated rings. The van der Waals surface area contributed by atoms with Gasteiger partial charge in [-0.05, 0) is 68.0 Å². The first-order chi connectivity index (χ1) is 13.5. The second-order valence-corrected chi connectivity index (χ2v) is 8.70. The molecule has 0 saturated carbocycles. The molecule has 0 bridgehead atoms. The van der Waals surface area contributed by atoms with Crippen LogP contribution in [0.15, 0.2) is 63.9 Å². The average molecular weight is 450 g/mol. The number of thiazole rings is 1. The predicted octanol–water partition coefficient (Wildman–Crippen LogP) is 4.63. The number of para-hydroxylation sites is 2. The van der Waals surface area contributed by atoms with Gasteiger partial charge in [-0.1, -0.05) is 39.4 Å². The summed E-state index contributed by atoms with van der Waals surface area (Å²) in [7, 11) is 0. The highest BCUT2D eigenvalue weighted by Crippen LogP contribution is 2.23. The Hall–Kier alpha value is -2.70. The lowest BCUT2D eigenvalue weighted by Gasteiger charge is -2.09. The molecule has 3 heterocycles. The number of hydrogen-bond acceptors (Lipinski definition) is 3. The Balaban J connectivity index is 1.70. The Morgan fingerprint density at radius 1 is 1.07 bits per heavy atom. The number of aryl methyl sites for hydroxylation is 1. The van der Waals surface area contributed by atoms with Crippen molar-refractivity contribution in [3.05, 3.63) is 90.9 Å². The number of benzene rings is 2. The summed E-state index contributed by atoms with van der Waals surface area (Å²) in [6, 6.07) is 18.1. The number of aromatic nitrogens is 3. The molecule has 5 rings (SSSR count). The van der Waals surface area contributed by atoms with Crippen LogP contribution in [0.2, 0.25) is 0 Å². The molecule has 0 radical (unpaired) electrons. The summed E-state index contributed by atoms with van der Waals surface area (Å²) in [6.45, 7) is 4.17. The Bertz CT molecular complexity index is 1460. The third-order valence-electron chi connectivity index (χ3n) is 4.99. The molecule has 0 saturated heterocycles. The van der Waals surface area contributed by atoms with E-state index >= 15 is 0 Å². The molecule has 2 aromatic carbocycles. The molecule has 138 valence electrons. The molecule has 4 nitrogen and oxygen atoms in total. The topological polar surface area (TPSA) is 39.3 Å². The van der Waals surface area contributed by atoms with E-state index < -0.39 is 0 Å². The Labute approximate surface area is 173 Å². The van der Waals surface area contributed by atoms with Crippen LogP contribution in [0.1, 0.15) is 17.0 Å². The predicted molar refractivity (Wildman–Crippen MR) is 119 cm³/mol. The van der Waals surface area contributed by atoms with E-state index in [0.717, 1.165) is 43.1 Å². The minimum absolute atomic E-state index is 0.0119. The summed E-state index contributed by atoms with van der Waals surface area (Å²) < 4.78 is 5.66. The quantitative estimate of drug-likeness (QED) is 0.394. The van der Waals surface area contributed by atoms with E-state index in [1.54, 1.807) is 4.40 Å². The molecular weight excluding hydrogens is 434 g/mol. The molecule has 6 heteroatoms. The van der Waals surface area contributed by atoms with Gasteiger partial charge in [0.2, 0.25) is 0 Å². The van der Waals surface area contributed by atoms with Gasteiger partial charge in [0, 0.05) is 21.5 Å². The van der Waals surface area contributed by atoms with Gasteiger partial charge in [-0.2, -0.15) is 0 Å². The Morgan fingerprint density at radius 2 is 1.82 bits per heavy atom. The standard InChI is InChI=1S/C22H16BrN3OS/c1-13-11-15(14(2)25(13)17-9-7-16(23)8-10-17)12-20-21(27)26-19-6-4-3-5-18(19)24-22(26)28-20/h3-12H,1-2H3. The van der Waals surface area contributed by atoms with Crippen molar-refractivity contribution in [2.24, 2.45) is 0 Å². The van der Waals surface area contributed by atoms with Crippen molar-refractivity contribution < 1.29 is 0 Å². The summed E-state index contributed by atoms with van der Waals surface area (Å²) in [5.41, 5.74) is 6.09. The van der Waals surface area contributed by atoms with Crippen molar-refractivity contribution in [3.63, 3.8) is 0 Å². The van der Waals surface area contributed by atoms with Crippen LogP contribution < -0.4 is 10.1 Å². The van der Waals surface area contributed by atoms with Crippen molar-refractivity contribution in [1.29, 1.82) is 0 Å². The molecule has 28 heavy (non-hydrogen) atoms. The monoisotopic (exact) mass is 449 g/mol. The number of rotatable bonds is 2. The SMILES string of the molecule is Cc1cc(C=c2sc3nc4ccccc4n3c2=O)c(C)n1-c1ccc(Br)cc1. The molecule has 0 aliphatic carbocycles. The minimum Gasteiger partial charge on any atom is -0.318 e. The van der Waals surface area contributed by atoms with E-state index in [-0.39, 0.29) is 5.56 Å². The van der Waals surface area contributed by atoms with Crippen molar-refractivity contribution in [2.75, 3.05) is 0 Å². The van der Waals surface area contributed by atoms with Gasteiger partial charge in [-0.3, -0.25) is 4.79 Å². The zero-order valence-electron chi connectivity index (χ0n) is 15.3. The molecule has 0 spiro atoms. The fourth-order valence-corrected chi connectivity index (χ4v) is 4.92. The normalized spacial score (nSPS) is 12.5. The van der Waals surface area contributed by atoms with Crippen LogP contribution in [0.5, 0.6) is 0 Å². The van der Waals surface area contributed by atoms with Gasteiger partial charge in [0.25, 0.3) is 5.56 Å². The Morgan fingerprint density at radius 3 is 2.61 bits per heavy atom. The van der Waals surface area contributed by atoms with E-state index in [0.29, 0.717) is 4.53 Å². The van der Waals surface area contributed by atoms with Gasteiger partial charge in [0.1, 0.15) is 0 Å². The summed E-state index contributed by atoms with van der Waals surface area (Å²) in [4.78, 5) is 18.3. The van der Waals surface area contributed by atoms with Gasteiger partial charge in [-0.15, -0.1) is 0 Å². The van der Waals surface area contributed by atoms with Gasteiger partial charge >= 0.3 is 0 Å². The van der Waals surface area contributed by atoms with Crippen molar-refractivity contribution in [2.45, 2.75) is 13.8 Å². The van der Waals surface area contributed by atoms with Gasteiger partial charge in [-0.25, -0.2) is 9.38 Å². The summed E-state index contributed by atoms with van der Waals surface area (Å²) >= 11 is 4.92. The van der Waals surface area contributed by atoms with Crippen molar-refractivity contribution in [3.8, 4) is 5.69 Å². The first kappa shape index (κ1) is 17.4. The number of nitrogens with zero attached hydrogens (tertiary/aromatic N) is 3. The lowest BCUT2D eigenvalue weighted by atomic mass is 10.2. The fraction of sp³-hybridized carbons (Fsp3) is 0.0909. The van der Waals surface area contributed by atoms with Crippen LogP contribution in [0, 0.1) is 13.8 Å². The maximum Gasteiger partial charge on any atom is 0.274 e. The Kier molecular flexibility index (Phi) is 4.00. The minimum atomic E-state index is -0.0119. The number of hydrogen-bond donors (Lipinski definition) is 0. The molecule has 0 aliphatic rings. The zero-order chi connectivity index (χ0) is 19.4. The number of fused-ring (bicyclic) bond motifs is 3.